The second kappa shape index (κ2) is 5.17. The van der Waals surface area contributed by atoms with Crippen LogP contribution in [0.3, 0.4) is 0 Å². The number of nitrogens with zero attached hydrogens (tertiary/aromatic N) is 2. The van der Waals surface area contributed by atoms with E-state index in [9.17, 15) is 0 Å². The van der Waals surface area contributed by atoms with Crippen LogP contribution in [0.15, 0.2) is 64.6 Å². The fourth-order valence-electron chi connectivity index (χ4n) is 2.27. The van der Waals surface area contributed by atoms with Crippen molar-refractivity contribution in [3.8, 4) is 0 Å². The molecule has 0 unspecified atom stereocenters. The zero-order valence-electron chi connectivity index (χ0n) is 12.6. The second-order valence-electron chi connectivity index (χ2n) is 6.10. The second-order valence-corrected chi connectivity index (χ2v) is 6.10. The zero-order chi connectivity index (χ0) is 14.9. The topological polar surface area (TPSA) is 36.8 Å². The number of anilines is 1. The summed E-state index contributed by atoms with van der Waals surface area (Å²) in [4.78, 5) is 9.56. The Morgan fingerprint density at radius 2 is 1.52 bits per heavy atom. The van der Waals surface area contributed by atoms with Crippen molar-refractivity contribution >= 4 is 22.9 Å². The Kier molecular flexibility index (Phi) is 3.34. The maximum Gasteiger partial charge on any atom is 0.153 e. The van der Waals surface area contributed by atoms with Gasteiger partial charge in [-0.3, -0.25) is 4.99 Å². The number of aliphatic imine (C=N–C) groups is 2. The maximum absolute atomic E-state index is 4.79. The van der Waals surface area contributed by atoms with Crippen LogP contribution in [0.5, 0.6) is 0 Å². The van der Waals surface area contributed by atoms with E-state index in [1.807, 2.05) is 42.5 Å². The molecule has 2 aromatic carbocycles. The van der Waals surface area contributed by atoms with E-state index in [0.29, 0.717) is 0 Å². The largest absolute Gasteiger partial charge is 0.338 e. The molecule has 1 heterocycles. The van der Waals surface area contributed by atoms with E-state index in [4.69, 9.17) is 9.98 Å². The Hall–Kier alpha value is -2.42. The van der Waals surface area contributed by atoms with Gasteiger partial charge in [0.15, 0.2) is 5.84 Å². The smallest absolute Gasteiger partial charge is 0.153 e. The summed E-state index contributed by atoms with van der Waals surface area (Å²) in [5.74, 6) is 0.840. The summed E-state index contributed by atoms with van der Waals surface area (Å²) in [6, 6.07) is 18.2. The van der Waals surface area contributed by atoms with Gasteiger partial charge in [-0.25, -0.2) is 4.99 Å². The van der Waals surface area contributed by atoms with Crippen molar-refractivity contribution in [3.05, 3.63) is 60.2 Å². The molecule has 3 rings (SSSR count). The lowest BCUT2D eigenvalue weighted by atomic mass is 10.1. The van der Waals surface area contributed by atoms with Crippen LogP contribution in [-0.2, 0) is 0 Å². The van der Waals surface area contributed by atoms with Crippen molar-refractivity contribution in [1.82, 2.24) is 0 Å². The summed E-state index contributed by atoms with van der Waals surface area (Å²) in [6.07, 6.45) is 0. The summed E-state index contributed by atoms with van der Waals surface area (Å²) in [5.41, 5.74) is 3.86. The van der Waals surface area contributed by atoms with Crippen LogP contribution in [0.1, 0.15) is 26.3 Å². The molecule has 0 bridgehead atoms. The molecule has 0 radical (unpaired) electrons. The van der Waals surface area contributed by atoms with Gasteiger partial charge in [-0.15, -0.1) is 0 Å². The highest BCUT2D eigenvalue weighted by atomic mass is 15.1. The van der Waals surface area contributed by atoms with Gasteiger partial charge in [0.2, 0.25) is 0 Å². The van der Waals surface area contributed by atoms with E-state index in [0.717, 1.165) is 28.5 Å². The Balaban J connectivity index is 2.12. The van der Waals surface area contributed by atoms with E-state index in [2.05, 4.69) is 38.2 Å². The molecule has 0 saturated heterocycles. The molecule has 0 spiro atoms. The van der Waals surface area contributed by atoms with E-state index in [1.54, 1.807) is 0 Å². The minimum Gasteiger partial charge on any atom is -0.338 e. The van der Waals surface area contributed by atoms with E-state index < -0.39 is 0 Å². The molecule has 3 heteroatoms. The SMILES string of the molecule is CC(C)(C)N=C1Nc2ccccc2C1=Nc1ccccc1. The van der Waals surface area contributed by atoms with Crippen LogP contribution in [0.4, 0.5) is 11.4 Å². The van der Waals surface area contributed by atoms with Gasteiger partial charge in [0.25, 0.3) is 0 Å². The quantitative estimate of drug-likeness (QED) is 0.822. The monoisotopic (exact) mass is 277 g/mol. The molecule has 1 aliphatic rings. The number of fused-ring (bicyclic) bond motifs is 1. The van der Waals surface area contributed by atoms with Crippen LogP contribution in [0.2, 0.25) is 0 Å². The molecule has 0 saturated carbocycles. The number of amidine groups is 1. The number of hydrogen-bond acceptors (Lipinski definition) is 2. The van der Waals surface area contributed by atoms with E-state index in [-0.39, 0.29) is 5.54 Å². The van der Waals surface area contributed by atoms with Crippen molar-refractivity contribution in [2.75, 3.05) is 5.32 Å². The van der Waals surface area contributed by atoms with Crippen molar-refractivity contribution in [3.63, 3.8) is 0 Å². The number of hydrogen-bond donors (Lipinski definition) is 1. The summed E-state index contributed by atoms with van der Waals surface area (Å²) in [7, 11) is 0. The third kappa shape index (κ3) is 3.02. The van der Waals surface area contributed by atoms with Gasteiger partial charge in [-0.2, -0.15) is 0 Å². The molecular weight excluding hydrogens is 258 g/mol. The van der Waals surface area contributed by atoms with Crippen LogP contribution < -0.4 is 5.32 Å². The summed E-state index contributed by atoms with van der Waals surface area (Å²) in [5, 5.41) is 3.38. The predicted molar refractivity (Wildman–Crippen MR) is 89.9 cm³/mol. The molecule has 0 atom stereocenters. The van der Waals surface area contributed by atoms with Gasteiger partial charge in [0.1, 0.15) is 5.71 Å². The highest BCUT2D eigenvalue weighted by Gasteiger charge is 2.25. The molecule has 21 heavy (non-hydrogen) atoms. The molecule has 3 nitrogen and oxygen atoms in total. The third-order valence-corrected chi connectivity index (χ3v) is 3.10. The first-order chi connectivity index (χ1) is 10.0. The third-order valence-electron chi connectivity index (χ3n) is 3.10. The van der Waals surface area contributed by atoms with Gasteiger partial charge in [0, 0.05) is 11.3 Å². The van der Waals surface area contributed by atoms with Crippen molar-refractivity contribution in [2.24, 2.45) is 9.98 Å². The Morgan fingerprint density at radius 3 is 2.24 bits per heavy atom. The number of rotatable bonds is 1. The summed E-state index contributed by atoms with van der Waals surface area (Å²) in [6.45, 7) is 6.26. The Morgan fingerprint density at radius 1 is 0.857 bits per heavy atom. The summed E-state index contributed by atoms with van der Waals surface area (Å²) < 4.78 is 0. The van der Waals surface area contributed by atoms with Crippen molar-refractivity contribution in [1.29, 1.82) is 0 Å². The molecule has 2 aromatic rings. The van der Waals surface area contributed by atoms with Crippen LogP contribution in [0.25, 0.3) is 0 Å². The lowest BCUT2D eigenvalue weighted by molar-refractivity contribution is 0.585. The van der Waals surface area contributed by atoms with Crippen LogP contribution >= 0.6 is 0 Å². The molecule has 1 N–H and O–H groups in total. The van der Waals surface area contributed by atoms with Crippen molar-refractivity contribution in [2.45, 2.75) is 26.3 Å². The van der Waals surface area contributed by atoms with Gasteiger partial charge in [0.05, 0.1) is 11.2 Å². The molecule has 0 fully saturated rings. The summed E-state index contributed by atoms with van der Waals surface area (Å²) >= 11 is 0. The maximum atomic E-state index is 4.79. The minimum atomic E-state index is -0.151. The van der Waals surface area contributed by atoms with Crippen LogP contribution in [-0.4, -0.2) is 17.1 Å². The van der Waals surface area contributed by atoms with E-state index in [1.165, 1.54) is 0 Å². The number of para-hydroxylation sites is 2. The fraction of sp³-hybridized carbons (Fsp3) is 0.222. The lowest BCUT2D eigenvalue weighted by Crippen LogP contribution is -2.22. The van der Waals surface area contributed by atoms with Crippen LogP contribution in [0, 0.1) is 0 Å². The van der Waals surface area contributed by atoms with Gasteiger partial charge in [-0.1, -0.05) is 36.4 Å². The zero-order valence-corrected chi connectivity index (χ0v) is 12.6. The molecule has 0 aliphatic carbocycles. The molecule has 106 valence electrons. The fourth-order valence-corrected chi connectivity index (χ4v) is 2.27. The first-order valence-corrected chi connectivity index (χ1v) is 7.13. The Labute approximate surface area is 125 Å². The highest BCUT2D eigenvalue weighted by molar-refractivity contribution is 6.56. The van der Waals surface area contributed by atoms with Crippen molar-refractivity contribution < 1.29 is 0 Å². The number of benzene rings is 2. The molecule has 1 aliphatic heterocycles. The first-order valence-electron chi connectivity index (χ1n) is 7.13. The average Bonchev–Trinajstić information content (AvgIpc) is 2.76. The first kappa shape index (κ1) is 13.6. The Bertz CT molecular complexity index is 707. The average molecular weight is 277 g/mol. The predicted octanol–water partition coefficient (Wildman–Crippen LogP) is 4.43. The normalized spacial score (nSPS) is 17.9. The number of nitrogens with one attached hydrogen (secondary N) is 1. The molecule has 0 aromatic heterocycles. The van der Waals surface area contributed by atoms with Gasteiger partial charge < -0.3 is 5.32 Å². The van der Waals surface area contributed by atoms with Gasteiger partial charge >= 0.3 is 0 Å². The van der Waals surface area contributed by atoms with Gasteiger partial charge in [-0.05, 0) is 39.0 Å². The standard InChI is InChI=1S/C18H19N3/c1-18(2,3)21-17-16(19-13-9-5-4-6-10-13)14-11-7-8-12-15(14)20-17/h4-12H,1-3H3,(H,19,20,21). The lowest BCUT2D eigenvalue weighted by Gasteiger charge is -2.13. The van der Waals surface area contributed by atoms with E-state index >= 15 is 0 Å². The molecular formula is C18H19N3. The highest BCUT2D eigenvalue weighted by Crippen LogP contribution is 2.27. The minimum absolute atomic E-state index is 0.151. The molecule has 0 amide bonds.